The second-order valence-corrected chi connectivity index (χ2v) is 9.07. The predicted molar refractivity (Wildman–Crippen MR) is 95.8 cm³/mol. The van der Waals surface area contributed by atoms with Gasteiger partial charge in [-0.2, -0.15) is 9.40 Å². The van der Waals surface area contributed by atoms with Gasteiger partial charge < -0.3 is 4.90 Å². The Balaban J connectivity index is 1.68. The highest BCUT2D eigenvalue weighted by atomic mass is 32.2. The van der Waals surface area contributed by atoms with Crippen molar-refractivity contribution in [1.29, 1.82) is 0 Å². The van der Waals surface area contributed by atoms with E-state index in [0.29, 0.717) is 25.2 Å². The fourth-order valence-corrected chi connectivity index (χ4v) is 5.34. The van der Waals surface area contributed by atoms with Crippen molar-refractivity contribution in [3.8, 4) is 0 Å². The summed E-state index contributed by atoms with van der Waals surface area (Å²) in [6, 6.07) is 1.96. The van der Waals surface area contributed by atoms with Gasteiger partial charge in [-0.05, 0) is 44.6 Å². The molecule has 7 nitrogen and oxygen atoms in total. The van der Waals surface area contributed by atoms with Crippen molar-refractivity contribution >= 4 is 15.9 Å². The Labute approximate surface area is 149 Å². The number of sulfonamides is 1. The zero-order valence-electron chi connectivity index (χ0n) is 15.1. The highest BCUT2D eigenvalue weighted by molar-refractivity contribution is 7.88. The van der Waals surface area contributed by atoms with Crippen LogP contribution in [0.5, 0.6) is 0 Å². The van der Waals surface area contributed by atoms with Crippen LogP contribution in [0.4, 0.5) is 0 Å². The topological polar surface area (TPSA) is 86.4 Å². The quantitative estimate of drug-likeness (QED) is 0.858. The maximum absolute atomic E-state index is 12.7. The van der Waals surface area contributed by atoms with Crippen molar-refractivity contribution in [2.45, 2.75) is 64.0 Å². The first kappa shape index (κ1) is 18.4. The maximum Gasteiger partial charge on any atom is 0.274 e. The van der Waals surface area contributed by atoms with E-state index in [1.165, 1.54) is 6.26 Å². The van der Waals surface area contributed by atoms with Crippen molar-refractivity contribution in [1.82, 2.24) is 19.4 Å². The van der Waals surface area contributed by atoms with Gasteiger partial charge in [-0.3, -0.25) is 9.89 Å². The number of nitrogens with one attached hydrogen (secondary N) is 1. The second kappa shape index (κ2) is 7.45. The third-order valence-electron chi connectivity index (χ3n) is 5.39. The van der Waals surface area contributed by atoms with Crippen LogP contribution in [0.1, 0.15) is 61.6 Å². The van der Waals surface area contributed by atoms with E-state index in [1.54, 1.807) is 4.31 Å². The first-order valence-corrected chi connectivity index (χ1v) is 11.1. The summed E-state index contributed by atoms with van der Waals surface area (Å²) in [6.07, 6.45) is 7.47. The van der Waals surface area contributed by atoms with Crippen LogP contribution in [-0.2, 0) is 16.4 Å². The molecule has 2 aliphatic rings. The SMILES string of the molecule is CCc1cc(C(=O)N2CCC[C@H](N(C3CCC3)S(C)(=O)=O)CC2)n[nH]1. The van der Waals surface area contributed by atoms with Gasteiger partial charge >= 0.3 is 0 Å². The molecule has 0 unspecified atom stereocenters. The summed E-state index contributed by atoms with van der Waals surface area (Å²) in [6.45, 7) is 3.25. The number of aromatic nitrogens is 2. The summed E-state index contributed by atoms with van der Waals surface area (Å²) in [4.78, 5) is 14.5. The monoisotopic (exact) mass is 368 g/mol. The number of nitrogens with zero attached hydrogens (tertiary/aromatic N) is 3. The van der Waals surface area contributed by atoms with E-state index in [-0.39, 0.29) is 18.0 Å². The Morgan fingerprint density at radius 1 is 1.24 bits per heavy atom. The van der Waals surface area contributed by atoms with Crippen LogP contribution in [-0.4, -0.2) is 65.2 Å². The molecule has 0 spiro atoms. The van der Waals surface area contributed by atoms with Gasteiger partial charge in [0.05, 0.1) is 6.26 Å². The molecule has 25 heavy (non-hydrogen) atoms. The molecule has 2 heterocycles. The zero-order chi connectivity index (χ0) is 18.0. The number of hydrogen-bond acceptors (Lipinski definition) is 4. The number of aryl methyl sites for hydroxylation is 1. The molecule has 8 heteroatoms. The van der Waals surface area contributed by atoms with Crippen LogP contribution in [0.3, 0.4) is 0 Å². The Kier molecular flexibility index (Phi) is 5.48. The van der Waals surface area contributed by atoms with Gasteiger partial charge in [0.1, 0.15) is 5.69 Å². The van der Waals surface area contributed by atoms with Gasteiger partial charge in [-0.15, -0.1) is 0 Å². The Bertz CT molecular complexity index is 711. The van der Waals surface area contributed by atoms with Crippen LogP contribution in [0.2, 0.25) is 0 Å². The number of rotatable bonds is 5. The molecule has 0 bridgehead atoms. The lowest BCUT2D eigenvalue weighted by molar-refractivity contribution is 0.0751. The van der Waals surface area contributed by atoms with E-state index in [1.807, 2.05) is 17.9 Å². The second-order valence-electron chi connectivity index (χ2n) is 7.19. The molecule has 1 atom stereocenters. The van der Waals surface area contributed by atoms with E-state index < -0.39 is 10.0 Å². The summed E-state index contributed by atoms with van der Waals surface area (Å²) in [5.74, 6) is -0.0638. The highest BCUT2D eigenvalue weighted by Crippen LogP contribution is 2.32. The van der Waals surface area contributed by atoms with Gasteiger partial charge in [-0.1, -0.05) is 13.3 Å². The molecule has 1 saturated heterocycles. The number of likely N-dealkylation sites (tertiary alicyclic amines) is 1. The first-order valence-electron chi connectivity index (χ1n) is 9.22. The summed E-state index contributed by atoms with van der Waals surface area (Å²) in [7, 11) is -3.22. The number of amides is 1. The van der Waals surface area contributed by atoms with Gasteiger partial charge in [0.15, 0.2) is 0 Å². The minimum Gasteiger partial charge on any atom is -0.337 e. The first-order chi connectivity index (χ1) is 11.9. The number of carbonyl (C=O) groups is 1. The summed E-state index contributed by atoms with van der Waals surface area (Å²) in [5.41, 5.74) is 1.40. The molecule has 1 aliphatic carbocycles. The molecule has 1 amide bonds. The molecule has 1 aliphatic heterocycles. The number of H-pyrrole nitrogens is 1. The molecule has 3 rings (SSSR count). The number of aromatic amines is 1. The molecule has 2 fully saturated rings. The van der Waals surface area contributed by atoms with E-state index >= 15 is 0 Å². The molecule has 1 aromatic rings. The van der Waals surface area contributed by atoms with Crippen LogP contribution in [0.15, 0.2) is 6.07 Å². The average Bonchev–Trinajstić information content (AvgIpc) is 2.87. The number of hydrogen-bond donors (Lipinski definition) is 1. The average molecular weight is 369 g/mol. The summed E-state index contributed by atoms with van der Waals surface area (Å²) >= 11 is 0. The number of carbonyl (C=O) groups excluding carboxylic acids is 1. The van der Waals surface area contributed by atoms with Crippen LogP contribution >= 0.6 is 0 Å². The van der Waals surface area contributed by atoms with Crippen molar-refractivity contribution in [3.63, 3.8) is 0 Å². The standard InChI is InChI=1S/C17H28N4O3S/c1-3-13-12-16(19-18-13)17(22)20-10-5-8-15(9-11-20)21(25(2,23)24)14-6-4-7-14/h12,14-15H,3-11H2,1-2H3,(H,18,19)/t15-/m0/s1. The maximum atomic E-state index is 12.7. The lowest BCUT2D eigenvalue weighted by Gasteiger charge is -2.40. The minimum absolute atomic E-state index is 0.00323. The molecule has 1 aromatic heterocycles. The van der Waals surface area contributed by atoms with E-state index in [0.717, 1.165) is 44.2 Å². The molecular formula is C17H28N4O3S. The third-order valence-corrected chi connectivity index (χ3v) is 6.76. The summed E-state index contributed by atoms with van der Waals surface area (Å²) < 4.78 is 26.3. The van der Waals surface area contributed by atoms with Crippen LogP contribution in [0.25, 0.3) is 0 Å². The van der Waals surface area contributed by atoms with Crippen molar-refractivity contribution in [3.05, 3.63) is 17.5 Å². The van der Waals surface area contributed by atoms with Gasteiger partial charge in [0.2, 0.25) is 10.0 Å². The summed E-state index contributed by atoms with van der Waals surface area (Å²) in [5, 5.41) is 7.00. The van der Waals surface area contributed by atoms with Crippen LogP contribution < -0.4 is 0 Å². The van der Waals surface area contributed by atoms with Crippen molar-refractivity contribution < 1.29 is 13.2 Å². The van der Waals surface area contributed by atoms with Gasteiger partial charge in [0.25, 0.3) is 5.91 Å². The smallest absolute Gasteiger partial charge is 0.274 e. The normalized spacial score (nSPS) is 22.7. The molecular weight excluding hydrogens is 340 g/mol. The largest absolute Gasteiger partial charge is 0.337 e. The Morgan fingerprint density at radius 3 is 2.48 bits per heavy atom. The Morgan fingerprint density at radius 2 is 1.92 bits per heavy atom. The van der Waals surface area contributed by atoms with Crippen molar-refractivity contribution in [2.75, 3.05) is 19.3 Å². The molecule has 0 aromatic carbocycles. The fourth-order valence-electron chi connectivity index (χ4n) is 3.83. The third kappa shape index (κ3) is 4.06. The predicted octanol–water partition coefficient (Wildman–Crippen LogP) is 1.78. The lowest BCUT2D eigenvalue weighted by atomic mass is 9.91. The molecule has 140 valence electrons. The van der Waals surface area contributed by atoms with Gasteiger partial charge in [0, 0.05) is 30.9 Å². The zero-order valence-corrected chi connectivity index (χ0v) is 15.9. The van der Waals surface area contributed by atoms with Crippen molar-refractivity contribution in [2.24, 2.45) is 0 Å². The molecule has 0 radical (unpaired) electrons. The highest BCUT2D eigenvalue weighted by Gasteiger charge is 2.37. The lowest BCUT2D eigenvalue weighted by Crippen LogP contribution is -2.50. The molecule has 1 saturated carbocycles. The van der Waals surface area contributed by atoms with E-state index in [4.69, 9.17) is 0 Å². The fraction of sp³-hybridized carbons (Fsp3) is 0.765. The van der Waals surface area contributed by atoms with E-state index in [9.17, 15) is 13.2 Å². The Hall–Kier alpha value is -1.41. The molecule has 1 N–H and O–H groups in total. The van der Waals surface area contributed by atoms with Gasteiger partial charge in [-0.25, -0.2) is 8.42 Å². The van der Waals surface area contributed by atoms with Crippen LogP contribution in [0, 0.1) is 0 Å². The van der Waals surface area contributed by atoms with E-state index in [2.05, 4.69) is 10.2 Å². The minimum atomic E-state index is -3.22.